The fraction of sp³-hybridized carbons (Fsp3) is 0.889. The zero-order valence-electron chi connectivity index (χ0n) is 7.33. The lowest BCUT2D eigenvalue weighted by molar-refractivity contribution is 0.111. The first kappa shape index (κ1) is 9.50. The van der Waals surface area contributed by atoms with Gasteiger partial charge in [0.2, 0.25) is 0 Å². The third-order valence-corrected chi connectivity index (χ3v) is 2.62. The highest BCUT2D eigenvalue weighted by Crippen LogP contribution is 2.30. The molecule has 0 radical (unpaired) electrons. The minimum absolute atomic E-state index is 0.216. The maximum Gasteiger partial charge on any atom is 0.133 e. The van der Waals surface area contributed by atoms with Gasteiger partial charge in [-0.1, -0.05) is 6.42 Å². The van der Waals surface area contributed by atoms with Crippen molar-refractivity contribution in [3.8, 4) is 6.07 Å². The summed E-state index contributed by atoms with van der Waals surface area (Å²) in [6.45, 7) is 1.70. The van der Waals surface area contributed by atoms with Crippen LogP contribution >= 0.6 is 0 Å². The zero-order chi connectivity index (χ0) is 8.81. The summed E-state index contributed by atoms with van der Waals surface area (Å²) >= 11 is 0. The summed E-state index contributed by atoms with van der Waals surface area (Å²) in [5, 5.41) is 8.26. The SMILES string of the molecule is N#CCOCC1CCCC1CN. The lowest BCUT2D eigenvalue weighted by Crippen LogP contribution is -2.22. The van der Waals surface area contributed by atoms with Crippen LogP contribution in [0, 0.1) is 23.2 Å². The van der Waals surface area contributed by atoms with E-state index in [1.165, 1.54) is 19.3 Å². The Hall–Kier alpha value is -0.590. The molecule has 0 heterocycles. The van der Waals surface area contributed by atoms with Crippen LogP contribution in [0.5, 0.6) is 0 Å². The molecule has 68 valence electrons. The molecule has 3 heteroatoms. The summed E-state index contributed by atoms with van der Waals surface area (Å²) in [5.41, 5.74) is 5.61. The van der Waals surface area contributed by atoms with E-state index >= 15 is 0 Å². The number of ether oxygens (including phenoxy) is 1. The predicted molar refractivity (Wildman–Crippen MR) is 46.3 cm³/mol. The van der Waals surface area contributed by atoms with Crippen molar-refractivity contribution in [2.45, 2.75) is 19.3 Å². The summed E-state index contributed by atoms with van der Waals surface area (Å²) in [5.74, 6) is 1.23. The van der Waals surface area contributed by atoms with Gasteiger partial charge >= 0.3 is 0 Å². The van der Waals surface area contributed by atoms with Crippen LogP contribution < -0.4 is 5.73 Å². The van der Waals surface area contributed by atoms with Gasteiger partial charge in [-0.05, 0) is 31.2 Å². The Morgan fingerprint density at radius 1 is 1.42 bits per heavy atom. The largest absolute Gasteiger partial charge is 0.366 e. The maximum absolute atomic E-state index is 8.26. The first-order valence-electron chi connectivity index (χ1n) is 4.53. The average molecular weight is 168 g/mol. The van der Waals surface area contributed by atoms with Crippen LogP contribution in [0.4, 0.5) is 0 Å². The Morgan fingerprint density at radius 2 is 2.17 bits per heavy atom. The molecule has 2 unspecified atom stereocenters. The lowest BCUT2D eigenvalue weighted by Gasteiger charge is -2.16. The standard InChI is InChI=1S/C9H16N2O/c10-4-5-12-7-9-3-1-2-8(9)6-11/h8-9H,1-3,5-7,11H2. The Balaban J connectivity index is 2.18. The Bertz CT molecular complexity index is 164. The third-order valence-electron chi connectivity index (χ3n) is 2.62. The molecule has 3 nitrogen and oxygen atoms in total. The molecule has 0 aromatic rings. The lowest BCUT2D eigenvalue weighted by atomic mass is 9.97. The number of rotatable bonds is 4. The van der Waals surface area contributed by atoms with E-state index < -0.39 is 0 Å². The van der Waals surface area contributed by atoms with E-state index in [1.807, 2.05) is 6.07 Å². The molecule has 0 aliphatic heterocycles. The highest BCUT2D eigenvalue weighted by molar-refractivity contribution is 4.78. The van der Waals surface area contributed by atoms with Crippen LogP contribution in [0.2, 0.25) is 0 Å². The smallest absolute Gasteiger partial charge is 0.133 e. The highest BCUT2D eigenvalue weighted by Gasteiger charge is 2.25. The molecule has 2 N–H and O–H groups in total. The van der Waals surface area contributed by atoms with Crippen molar-refractivity contribution in [3.63, 3.8) is 0 Å². The summed E-state index contributed by atoms with van der Waals surface area (Å²) in [7, 11) is 0. The van der Waals surface area contributed by atoms with Gasteiger partial charge in [0.05, 0.1) is 12.7 Å². The summed E-state index contributed by atoms with van der Waals surface area (Å²) < 4.78 is 5.18. The fourth-order valence-electron chi connectivity index (χ4n) is 1.90. The van der Waals surface area contributed by atoms with Crippen molar-refractivity contribution < 1.29 is 4.74 Å². The van der Waals surface area contributed by atoms with Gasteiger partial charge in [-0.15, -0.1) is 0 Å². The second-order valence-corrected chi connectivity index (χ2v) is 3.36. The first-order valence-corrected chi connectivity index (χ1v) is 4.53. The predicted octanol–water partition coefficient (Wildman–Crippen LogP) is 0.902. The van der Waals surface area contributed by atoms with Gasteiger partial charge in [0, 0.05) is 0 Å². The van der Waals surface area contributed by atoms with Crippen LogP contribution in [0.3, 0.4) is 0 Å². The van der Waals surface area contributed by atoms with Crippen molar-refractivity contribution in [1.29, 1.82) is 5.26 Å². The van der Waals surface area contributed by atoms with E-state index in [0.717, 1.165) is 13.2 Å². The van der Waals surface area contributed by atoms with Crippen molar-refractivity contribution in [3.05, 3.63) is 0 Å². The molecule has 0 saturated heterocycles. The van der Waals surface area contributed by atoms with Gasteiger partial charge in [-0.2, -0.15) is 5.26 Å². The van der Waals surface area contributed by atoms with Crippen molar-refractivity contribution in [2.75, 3.05) is 19.8 Å². The molecular formula is C9H16N2O. The molecular weight excluding hydrogens is 152 g/mol. The van der Waals surface area contributed by atoms with E-state index in [2.05, 4.69) is 0 Å². The molecule has 0 aromatic carbocycles. The Labute approximate surface area is 73.5 Å². The molecule has 1 fully saturated rings. The molecule has 1 rings (SSSR count). The average Bonchev–Trinajstić information content (AvgIpc) is 2.52. The third kappa shape index (κ3) is 2.47. The fourth-order valence-corrected chi connectivity index (χ4v) is 1.90. The minimum Gasteiger partial charge on any atom is -0.366 e. The van der Waals surface area contributed by atoms with Gasteiger partial charge in [-0.3, -0.25) is 0 Å². The highest BCUT2D eigenvalue weighted by atomic mass is 16.5. The van der Waals surface area contributed by atoms with Gasteiger partial charge in [0.15, 0.2) is 0 Å². The minimum atomic E-state index is 0.216. The summed E-state index contributed by atoms with van der Waals surface area (Å²) in [6, 6.07) is 1.97. The molecule has 0 amide bonds. The van der Waals surface area contributed by atoms with E-state index in [4.69, 9.17) is 15.7 Å². The van der Waals surface area contributed by atoms with E-state index in [-0.39, 0.29) is 6.61 Å². The van der Waals surface area contributed by atoms with E-state index in [1.54, 1.807) is 0 Å². The van der Waals surface area contributed by atoms with Crippen LogP contribution in [0.1, 0.15) is 19.3 Å². The maximum atomic E-state index is 8.26. The number of nitrogens with zero attached hydrogens (tertiary/aromatic N) is 1. The number of nitrogens with two attached hydrogens (primary N) is 1. The van der Waals surface area contributed by atoms with Crippen LogP contribution in [-0.4, -0.2) is 19.8 Å². The number of nitriles is 1. The first-order chi connectivity index (χ1) is 5.88. The molecule has 0 bridgehead atoms. The van der Waals surface area contributed by atoms with Gasteiger partial charge < -0.3 is 10.5 Å². The summed E-state index contributed by atoms with van der Waals surface area (Å²) in [6.07, 6.45) is 3.72. The normalized spacial score (nSPS) is 28.7. The second-order valence-electron chi connectivity index (χ2n) is 3.36. The molecule has 1 saturated carbocycles. The molecule has 12 heavy (non-hydrogen) atoms. The van der Waals surface area contributed by atoms with E-state index in [0.29, 0.717) is 11.8 Å². The summed E-state index contributed by atoms with van der Waals surface area (Å²) in [4.78, 5) is 0. The second kappa shape index (κ2) is 5.13. The molecule has 0 spiro atoms. The molecule has 1 aliphatic rings. The topological polar surface area (TPSA) is 59.0 Å². The van der Waals surface area contributed by atoms with Crippen LogP contribution in [0.25, 0.3) is 0 Å². The van der Waals surface area contributed by atoms with Gasteiger partial charge in [0.25, 0.3) is 0 Å². The van der Waals surface area contributed by atoms with Gasteiger partial charge in [-0.25, -0.2) is 0 Å². The Kier molecular flexibility index (Phi) is 4.06. The molecule has 1 aliphatic carbocycles. The quantitative estimate of drug-likeness (QED) is 0.634. The van der Waals surface area contributed by atoms with Crippen LogP contribution in [-0.2, 0) is 4.74 Å². The van der Waals surface area contributed by atoms with Crippen molar-refractivity contribution in [1.82, 2.24) is 0 Å². The zero-order valence-corrected chi connectivity index (χ0v) is 7.33. The van der Waals surface area contributed by atoms with Crippen molar-refractivity contribution >= 4 is 0 Å². The monoisotopic (exact) mass is 168 g/mol. The number of hydrogen-bond donors (Lipinski definition) is 1. The Morgan fingerprint density at radius 3 is 2.83 bits per heavy atom. The molecule has 2 atom stereocenters. The van der Waals surface area contributed by atoms with Crippen molar-refractivity contribution in [2.24, 2.45) is 17.6 Å². The number of hydrogen-bond acceptors (Lipinski definition) is 3. The van der Waals surface area contributed by atoms with E-state index in [9.17, 15) is 0 Å². The van der Waals surface area contributed by atoms with Crippen LogP contribution in [0.15, 0.2) is 0 Å². The van der Waals surface area contributed by atoms with Gasteiger partial charge in [0.1, 0.15) is 6.61 Å². The molecule has 0 aromatic heterocycles.